The number of pyridine rings is 1. The van der Waals surface area contributed by atoms with Crippen molar-refractivity contribution in [1.29, 1.82) is 0 Å². The van der Waals surface area contributed by atoms with Gasteiger partial charge in [0.25, 0.3) is 0 Å². The van der Waals surface area contributed by atoms with Crippen molar-refractivity contribution < 1.29 is 9.84 Å². The largest absolute Gasteiger partial charge is 0.496 e. The van der Waals surface area contributed by atoms with Crippen molar-refractivity contribution >= 4 is 0 Å². The number of rotatable bonds is 1. The quantitative estimate of drug-likeness (QED) is 0.739. The molecule has 0 radical (unpaired) electrons. The highest BCUT2D eigenvalue weighted by atomic mass is 16.5. The van der Waals surface area contributed by atoms with Crippen LogP contribution in [0.4, 0.5) is 0 Å². The first kappa shape index (κ1) is 9.46. The fourth-order valence-corrected chi connectivity index (χ4v) is 2.01. The Bertz CT molecular complexity index is 349. The molecule has 0 fully saturated rings. The Hall–Kier alpha value is -1.09. The number of aromatic nitrogens is 1. The molecular formula is C11H15NO2. The van der Waals surface area contributed by atoms with E-state index in [0.717, 1.165) is 42.0 Å². The molecule has 0 saturated carbocycles. The number of aliphatic hydroxyl groups is 1. The molecule has 1 aromatic rings. The summed E-state index contributed by atoms with van der Waals surface area (Å²) in [6.45, 7) is 1.92. The Morgan fingerprint density at radius 3 is 3.07 bits per heavy atom. The fourth-order valence-electron chi connectivity index (χ4n) is 2.01. The maximum absolute atomic E-state index is 9.79. The average Bonchev–Trinajstić information content (AvgIpc) is 2.18. The second-order valence-corrected chi connectivity index (χ2v) is 3.74. The molecule has 1 N–H and O–H groups in total. The molecule has 0 spiro atoms. The van der Waals surface area contributed by atoms with E-state index in [9.17, 15) is 5.11 Å². The van der Waals surface area contributed by atoms with Crippen LogP contribution in [0.15, 0.2) is 6.07 Å². The monoisotopic (exact) mass is 193 g/mol. The van der Waals surface area contributed by atoms with Crippen molar-refractivity contribution in [3.8, 4) is 5.75 Å². The highest BCUT2D eigenvalue weighted by Crippen LogP contribution is 2.34. The first-order chi connectivity index (χ1) is 6.72. The summed E-state index contributed by atoms with van der Waals surface area (Å²) in [5.74, 6) is 0.867. The van der Waals surface area contributed by atoms with Crippen LogP contribution in [-0.4, -0.2) is 17.2 Å². The van der Waals surface area contributed by atoms with E-state index < -0.39 is 6.10 Å². The molecule has 0 saturated heterocycles. The van der Waals surface area contributed by atoms with Crippen molar-refractivity contribution in [2.75, 3.05) is 7.11 Å². The minimum absolute atomic E-state index is 0.410. The van der Waals surface area contributed by atoms with Gasteiger partial charge >= 0.3 is 0 Å². The molecule has 0 bridgehead atoms. The molecule has 0 aliphatic heterocycles. The van der Waals surface area contributed by atoms with E-state index in [2.05, 4.69) is 4.98 Å². The fraction of sp³-hybridized carbons (Fsp3) is 0.545. The Kier molecular flexibility index (Phi) is 2.42. The minimum atomic E-state index is -0.410. The average molecular weight is 193 g/mol. The molecule has 0 aromatic carbocycles. The van der Waals surface area contributed by atoms with Crippen LogP contribution in [0.2, 0.25) is 0 Å². The van der Waals surface area contributed by atoms with Crippen molar-refractivity contribution in [2.24, 2.45) is 0 Å². The Balaban J connectivity index is 2.54. The molecule has 76 valence electrons. The number of aryl methyl sites for hydroxylation is 1. The molecular weight excluding hydrogens is 178 g/mol. The van der Waals surface area contributed by atoms with Crippen molar-refractivity contribution in [3.05, 3.63) is 23.0 Å². The highest BCUT2D eigenvalue weighted by molar-refractivity contribution is 5.40. The van der Waals surface area contributed by atoms with Crippen LogP contribution < -0.4 is 4.74 Å². The number of fused-ring (bicyclic) bond motifs is 1. The highest BCUT2D eigenvalue weighted by Gasteiger charge is 2.22. The topological polar surface area (TPSA) is 42.4 Å². The number of aliphatic hydroxyl groups excluding tert-OH is 1. The van der Waals surface area contributed by atoms with E-state index in [-0.39, 0.29) is 0 Å². The second-order valence-electron chi connectivity index (χ2n) is 3.74. The summed E-state index contributed by atoms with van der Waals surface area (Å²) in [6, 6.07) is 1.93. The lowest BCUT2D eigenvalue weighted by molar-refractivity contribution is 0.150. The lowest BCUT2D eigenvalue weighted by Crippen LogP contribution is -2.13. The zero-order valence-corrected chi connectivity index (χ0v) is 8.58. The molecule has 1 unspecified atom stereocenters. The molecule has 1 aliphatic carbocycles. The third-order valence-corrected chi connectivity index (χ3v) is 2.68. The van der Waals surface area contributed by atoms with Crippen LogP contribution >= 0.6 is 0 Å². The Labute approximate surface area is 83.7 Å². The molecule has 3 nitrogen and oxygen atoms in total. The maximum atomic E-state index is 9.79. The van der Waals surface area contributed by atoms with E-state index in [0.29, 0.717) is 0 Å². The van der Waals surface area contributed by atoms with E-state index in [4.69, 9.17) is 4.74 Å². The molecule has 1 heterocycles. The van der Waals surface area contributed by atoms with Crippen LogP contribution in [0.1, 0.15) is 35.9 Å². The lowest BCUT2D eigenvalue weighted by Gasteiger charge is -2.22. The first-order valence-electron chi connectivity index (χ1n) is 4.95. The van der Waals surface area contributed by atoms with Gasteiger partial charge in [-0.1, -0.05) is 0 Å². The van der Waals surface area contributed by atoms with Crippen LogP contribution in [0.25, 0.3) is 0 Å². The van der Waals surface area contributed by atoms with E-state index in [1.165, 1.54) is 0 Å². The van der Waals surface area contributed by atoms with E-state index in [1.807, 2.05) is 13.0 Å². The van der Waals surface area contributed by atoms with Gasteiger partial charge in [-0.2, -0.15) is 0 Å². The molecule has 3 heteroatoms. The Morgan fingerprint density at radius 2 is 2.36 bits per heavy atom. The molecule has 2 rings (SSSR count). The Morgan fingerprint density at radius 1 is 1.57 bits per heavy atom. The number of hydrogen-bond acceptors (Lipinski definition) is 3. The van der Waals surface area contributed by atoms with Crippen LogP contribution in [-0.2, 0) is 6.42 Å². The van der Waals surface area contributed by atoms with Gasteiger partial charge in [-0.25, -0.2) is 0 Å². The van der Waals surface area contributed by atoms with E-state index >= 15 is 0 Å². The van der Waals surface area contributed by atoms with Gasteiger partial charge in [0, 0.05) is 17.3 Å². The van der Waals surface area contributed by atoms with E-state index in [1.54, 1.807) is 7.11 Å². The van der Waals surface area contributed by atoms with Crippen LogP contribution in [0.3, 0.4) is 0 Å². The lowest BCUT2D eigenvalue weighted by atomic mass is 9.93. The van der Waals surface area contributed by atoms with Crippen molar-refractivity contribution in [3.63, 3.8) is 0 Å². The predicted molar refractivity (Wildman–Crippen MR) is 53.4 cm³/mol. The maximum Gasteiger partial charge on any atom is 0.125 e. The standard InChI is InChI=1S/C11H15NO2/c1-7-6-10(14-2)8-4-3-5-9(13)11(8)12-7/h6,9,13H,3-5H2,1-2H3. The normalized spacial score (nSPS) is 20.4. The van der Waals surface area contributed by atoms with Gasteiger partial charge < -0.3 is 9.84 Å². The van der Waals surface area contributed by atoms with Crippen LogP contribution in [0, 0.1) is 6.92 Å². The van der Waals surface area contributed by atoms with Gasteiger partial charge in [0.15, 0.2) is 0 Å². The second kappa shape index (κ2) is 3.58. The summed E-state index contributed by atoms with van der Waals surface area (Å²) in [7, 11) is 1.66. The van der Waals surface area contributed by atoms with Crippen molar-refractivity contribution in [1.82, 2.24) is 4.98 Å². The summed E-state index contributed by atoms with van der Waals surface area (Å²) >= 11 is 0. The summed E-state index contributed by atoms with van der Waals surface area (Å²) < 4.78 is 5.29. The van der Waals surface area contributed by atoms with Gasteiger partial charge in [-0.3, -0.25) is 4.98 Å². The number of methoxy groups -OCH3 is 1. The summed E-state index contributed by atoms with van der Waals surface area (Å²) in [6.07, 6.45) is 2.37. The smallest absolute Gasteiger partial charge is 0.125 e. The minimum Gasteiger partial charge on any atom is -0.496 e. The zero-order valence-electron chi connectivity index (χ0n) is 8.58. The number of hydrogen-bond donors (Lipinski definition) is 1. The van der Waals surface area contributed by atoms with Gasteiger partial charge in [-0.05, 0) is 26.2 Å². The third kappa shape index (κ3) is 1.48. The van der Waals surface area contributed by atoms with Crippen molar-refractivity contribution in [2.45, 2.75) is 32.3 Å². The molecule has 1 atom stereocenters. The van der Waals surface area contributed by atoms with Gasteiger partial charge in [0.2, 0.25) is 0 Å². The SMILES string of the molecule is COc1cc(C)nc2c1CCCC2O. The van der Waals surface area contributed by atoms with Gasteiger partial charge in [-0.15, -0.1) is 0 Å². The van der Waals surface area contributed by atoms with Crippen LogP contribution in [0.5, 0.6) is 5.75 Å². The zero-order chi connectivity index (χ0) is 10.1. The van der Waals surface area contributed by atoms with Gasteiger partial charge in [0.1, 0.15) is 5.75 Å². The molecule has 1 aromatic heterocycles. The summed E-state index contributed by atoms with van der Waals surface area (Å²) in [5.41, 5.74) is 2.80. The molecule has 14 heavy (non-hydrogen) atoms. The number of nitrogens with zero attached hydrogens (tertiary/aromatic N) is 1. The van der Waals surface area contributed by atoms with Gasteiger partial charge in [0.05, 0.1) is 18.9 Å². The summed E-state index contributed by atoms with van der Waals surface area (Å²) in [5, 5.41) is 9.79. The summed E-state index contributed by atoms with van der Waals surface area (Å²) in [4.78, 5) is 4.37. The molecule has 0 amide bonds. The third-order valence-electron chi connectivity index (χ3n) is 2.68. The molecule has 1 aliphatic rings. The predicted octanol–water partition coefficient (Wildman–Crippen LogP) is 1.77. The first-order valence-corrected chi connectivity index (χ1v) is 4.95. The number of ether oxygens (including phenoxy) is 1.